The van der Waals surface area contributed by atoms with Crippen molar-refractivity contribution in [2.24, 2.45) is 0 Å². The standard InChI is InChI=1S/C20H18ClNO6/c21-15-10-14(11-16-18(15)27-12-26-16)20(24)28-17(13-4-2-1-3-5-13)19(23)22-6-8-25-9-7-22/h1-5,10-11,17H,6-9,12H2/t17-/m0/s1. The number of fused-ring (bicyclic) bond motifs is 1. The van der Waals surface area contributed by atoms with Crippen LogP contribution < -0.4 is 9.47 Å². The maximum atomic E-state index is 13.0. The first kappa shape index (κ1) is 18.6. The summed E-state index contributed by atoms with van der Waals surface area (Å²) in [5, 5.41) is 0.248. The molecule has 7 nitrogen and oxygen atoms in total. The third-order valence-corrected chi connectivity index (χ3v) is 4.82. The van der Waals surface area contributed by atoms with Crippen molar-refractivity contribution in [3.8, 4) is 11.5 Å². The second kappa shape index (κ2) is 8.08. The highest BCUT2D eigenvalue weighted by Crippen LogP contribution is 2.40. The molecule has 0 bridgehead atoms. The molecule has 0 saturated carbocycles. The molecule has 0 aliphatic carbocycles. The van der Waals surface area contributed by atoms with Crippen LogP contribution >= 0.6 is 11.6 Å². The van der Waals surface area contributed by atoms with E-state index in [1.165, 1.54) is 12.1 Å². The molecule has 2 aliphatic heterocycles. The van der Waals surface area contributed by atoms with Crippen molar-refractivity contribution in [2.45, 2.75) is 6.10 Å². The van der Waals surface area contributed by atoms with E-state index in [4.69, 9.17) is 30.5 Å². The van der Waals surface area contributed by atoms with E-state index in [0.29, 0.717) is 43.4 Å². The Morgan fingerprint density at radius 3 is 2.57 bits per heavy atom. The van der Waals surface area contributed by atoms with Gasteiger partial charge in [0.2, 0.25) is 12.9 Å². The van der Waals surface area contributed by atoms with Crippen LogP contribution in [0.5, 0.6) is 11.5 Å². The topological polar surface area (TPSA) is 74.3 Å². The van der Waals surface area contributed by atoms with E-state index in [-0.39, 0.29) is 23.3 Å². The number of nitrogens with zero attached hydrogens (tertiary/aromatic N) is 1. The Bertz CT molecular complexity index is 882. The molecular formula is C20H18ClNO6. The van der Waals surface area contributed by atoms with Crippen molar-refractivity contribution in [2.75, 3.05) is 33.1 Å². The Balaban J connectivity index is 1.59. The number of carbonyl (C=O) groups excluding carboxylic acids is 2. The zero-order chi connectivity index (χ0) is 19.5. The van der Waals surface area contributed by atoms with E-state index >= 15 is 0 Å². The molecule has 0 radical (unpaired) electrons. The van der Waals surface area contributed by atoms with Gasteiger partial charge in [0, 0.05) is 18.7 Å². The van der Waals surface area contributed by atoms with Crippen LogP contribution in [0.1, 0.15) is 22.0 Å². The number of rotatable bonds is 4. The summed E-state index contributed by atoms with van der Waals surface area (Å²) < 4.78 is 21.5. The number of ether oxygens (including phenoxy) is 4. The molecule has 8 heteroatoms. The molecule has 1 fully saturated rings. The van der Waals surface area contributed by atoms with Crippen LogP contribution in [-0.4, -0.2) is 49.9 Å². The fourth-order valence-corrected chi connectivity index (χ4v) is 3.36. The minimum Gasteiger partial charge on any atom is -0.454 e. The van der Waals surface area contributed by atoms with Gasteiger partial charge in [-0.05, 0) is 12.1 Å². The van der Waals surface area contributed by atoms with Gasteiger partial charge in [-0.1, -0.05) is 41.9 Å². The highest BCUT2D eigenvalue weighted by Gasteiger charge is 2.31. The second-order valence-corrected chi connectivity index (χ2v) is 6.73. The lowest BCUT2D eigenvalue weighted by molar-refractivity contribution is -0.145. The van der Waals surface area contributed by atoms with Gasteiger partial charge in [0.15, 0.2) is 11.5 Å². The summed E-state index contributed by atoms with van der Waals surface area (Å²) in [6.45, 7) is 1.86. The predicted molar refractivity (Wildman–Crippen MR) is 99.6 cm³/mol. The van der Waals surface area contributed by atoms with Crippen LogP contribution in [0.25, 0.3) is 0 Å². The maximum absolute atomic E-state index is 13.0. The minimum atomic E-state index is -1.06. The molecule has 4 rings (SSSR count). The molecule has 0 spiro atoms. The highest BCUT2D eigenvalue weighted by molar-refractivity contribution is 6.32. The van der Waals surface area contributed by atoms with E-state index in [9.17, 15) is 9.59 Å². The predicted octanol–water partition coefficient (Wildman–Crippen LogP) is 2.83. The number of morpholine rings is 1. The molecule has 0 N–H and O–H groups in total. The fourth-order valence-electron chi connectivity index (χ4n) is 3.10. The first-order valence-corrected chi connectivity index (χ1v) is 9.23. The SMILES string of the molecule is O=C(O[C@H](C(=O)N1CCOCC1)c1ccccc1)c1cc(Cl)c2c(c1)OCO2. The Labute approximate surface area is 166 Å². The van der Waals surface area contributed by atoms with Crippen LogP contribution in [0.2, 0.25) is 5.02 Å². The molecule has 1 amide bonds. The van der Waals surface area contributed by atoms with Gasteiger partial charge in [0.1, 0.15) is 0 Å². The zero-order valence-electron chi connectivity index (χ0n) is 14.9. The third-order valence-electron chi connectivity index (χ3n) is 4.54. The van der Waals surface area contributed by atoms with Crippen LogP contribution in [0.15, 0.2) is 42.5 Å². The Morgan fingerprint density at radius 2 is 1.82 bits per heavy atom. The third kappa shape index (κ3) is 3.76. The zero-order valence-corrected chi connectivity index (χ0v) is 15.7. The van der Waals surface area contributed by atoms with Crippen molar-refractivity contribution >= 4 is 23.5 Å². The van der Waals surface area contributed by atoms with Gasteiger partial charge >= 0.3 is 5.97 Å². The number of amides is 1. The van der Waals surface area contributed by atoms with Crippen LogP contribution in [0.3, 0.4) is 0 Å². The summed E-state index contributed by atoms with van der Waals surface area (Å²) >= 11 is 6.15. The summed E-state index contributed by atoms with van der Waals surface area (Å²) in [4.78, 5) is 27.5. The van der Waals surface area contributed by atoms with Crippen molar-refractivity contribution in [1.82, 2.24) is 4.90 Å². The average Bonchev–Trinajstić information content (AvgIpc) is 3.22. The summed E-state index contributed by atoms with van der Waals surface area (Å²) in [6, 6.07) is 11.9. The monoisotopic (exact) mass is 403 g/mol. The van der Waals surface area contributed by atoms with Gasteiger partial charge in [-0.3, -0.25) is 4.79 Å². The molecule has 2 aliphatic rings. The van der Waals surface area contributed by atoms with Gasteiger partial charge in [-0.2, -0.15) is 0 Å². The largest absolute Gasteiger partial charge is 0.454 e. The Hall–Kier alpha value is -2.77. The number of carbonyl (C=O) groups is 2. The fraction of sp³-hybridized carbons (Fsp3) is 0.300. The van der Waals surface area contributed by atoms with Crippen molar-refractivity contribution in [3.63, 3.8) is 0 Å². The van der Waals surface area contributed by atoms with E-state index < -0.39 is 12.1 Å². The van der Waals surface area contributed by atoms with Gasteiger partial charge in [-0.25, -0.2) is 4.79 Å². The van der Waals surface area contributed by atoms with Crippen molar-refractivity contribution in [1.29, 1.82) is 0 Å². The van der Waals surface area contributed by atoms with E-state index in [1.807, 2.05) is 6.07 Å². The second-order valence-electron chi connectivity index (χ2n) is 6.33. The average molecular weight is 404 g/mol. The Kier molecular flexibility index (Phi) is 5.36. The first-order chi connectivity index (χ1) is 13.6. The Morgan fingerprint density at radius 1 is 1.07 bits per heavy atom. The lowest BCUT2D eigenvalue weighted by Crippen LogP contribution is -2.44. The number of hydrogen-bond acceptors (Lipinski definition) is 6. The molecule has 0 aromatic heterocycles. The molecule has 2 aromatic carbocycles. The number of hydrogen-bond donors (Lipinski definition) is 0. The lowest BCUT2D eigenvalue weighted by atomic mass is 10.1. The minimum absolute atomic E-state index is 0.0374. The molecule has 146 valence electrons. The maximum Gasteiger partial charge on any atom is 0.339 e. The first-order valence-electron chi connectivity index (χ1n) is 8.85. The number of benzene rings is 2. The molecule has 28 heavy (non-hydrogen) atoms. The van der Waals surface area contributed by atoms with Crippen LogP contribution in [-0.2, 0) is 14.3 Å². The summed E-state index contributed by atoms with van der Waals surface area (Å²) in [5.41, 5.74) is 0.782. The number of esters is 1. The van der Waals surface area contributed by atoms with Crippen LogP contribution in [0, 0.1) is 0 Å². The van der Waals surface area contributed by atoms with Gasteiger partial charge in [-0.15, -0.1) is 0 Å². The molecule has 1 atom stereocenters. The van der Waals surface area contributed by atoms with Gasteiger partial charge < -0.3 is 23.8 Å². The normalized spacial score (nSPS) is 16.5. The molecule has 2 heterocycles. The summed E-state index contributed by atoms with van der Waals surface area (Å²) in [5.74, 6) is -0.192. The highest BCUT2D eigenvalue weighted by atomic mass is 35.5. The summed E-state index contributed by atoms with van der Waals surface area (Å²) in [7, 11) is 0. The summed E-state index contributed by atoms with van der Waals surface area (Å²) in [6.07, 6.45) is -1.06. The van der Waals surface area contributed by atoms with Gasteiger partial charge in [0.05, 0.1) is 23.8 Å². The van der Waals surface area contributed by atoms with E-state index in [0.717, 1.165) is 0 Å². The lowest BCUT2D eigenvalue weighted by Gasteiger charge is -2.30. The molecular weight excluding hydrogens is 386 g/mol. The molecule has 2 aromatic rings. The van der Waals surface area contributed by atoms with E-state index in [2.05, 4.69) is 0 Å². The van der Waals surface area contributed by atoms with Gasteiger partial charge in [0.25, 0.3) is 5.91 Å². The molecule has 0 unspecified atom stereocenters. The number of halogens is 1. The van der Waals surface area contributed by atoms with E-state index in [1.54, 1.807) is 29.2 Å². The quantitative estimate of drug-likeness (QED) is 0.731. The smallest absolute Gasteiger partial charge is 0.339 e. The van der Waals surface area contributed by atoms with Crippen LogP contribution in [0.4, 0.5) is 0 Å². The molecule has 1 saturated heterocycles. The van der Waals surface area contributed by atoms with Crippen molar-refractivity contribution < 1.29 is 28.5 Å². The van der Waals surface area contributed by atoms with Crippen molar-refractivity contribution in [3.05, 3.63) is 58.6 Å².